The summed E-state index contributed by atoms with van der Waals surface area (Å²) in [6, 6.07) is 2.53. The van der Waals surface area contributed by atoms with Gasteiger partial charge in [0.15, 0.2) is 0 Å². The van der Waals surface area contributed by atoms with Gasteiger partial charge in [-0.25, -0.2) is 0 Å². The van der Waals surface area contributed by atoms with E-state index in [2.05, 4.69) is 15.6 Å². The van der Waals surface area contributed by atoms with Crippen LogP contribution in [0.5, 0.6) is 0 Å². The van der Waals surface area contributed by atoms with Crippen molar-refractivity contribution in [2.24, 2.45) is 0 Å². The lowest BCUT2D eigenvalue weighted by Crippen LogP contribution is -2.28. The van der Waals surface area contributed by atoms with Crippen LogP contribution in [0.25, 0.3) is 10.9 Å². The van der Waals surface area contributed by atoms with Gasteiger partial charge in [-0.2, -0.15) is 26.3 Å². The Kier molecular flexibility index (Phi) is 6.58. The van der Waals surface area contributed by atoms with E-state index in [1.807, 2.05) is 20.8 Å². The maximum Gasteiger partial charge on any atom is 0.393 e. The van der Waals surface area contributed by atoms with Gasteiger partial charge in [-0.05, 0) is 37.1 Å². The number of H-pyrrole nitrogens is 1. The number of hydrogen-bond donors (Lipinski definition) is 3. The summed E-state index contributed by atoms with van der Waals surface area (Å²) in [4.78, 5) is 3.06. The number of fused-ring (bicyclic) bond motifs is 1. The van der Waals surface area contributed by atoms with Gasteiger partial charge in [-0.15, -0.1) is 0 Å². The van der Waals surface area contributed by atoms with Gasteiger partial charge < -0.3 is 15.6 Å². The normalized spacial score (nSPS) is 14.1. The van der Waals surface area contributed by atoms with Crippen LogP contribution < -0.4 is 10.6 Å². The Balaban J connectivity index is 2.71. The van der Waals surface area contributed by atoms with Crippen molar-refractivity contribution in [3.05, 3.63) is 28.8 Å². The van der Waals surface area contributed by atoms with Gasteiger partial charge in [0, 0.05) is 29.1 Å². The van der Waals surface area contributed by atoms with Crippen LogP contribution in [-0.4, -0.2) is 37.0 Å². The molecule has 0 saturated heterocycles. The second-order valence-corrected chi connectivity index (χ2v) is 7.38. The van der Waals surface area contributed by atoms with E-state index in [-0.39, 0.29) is 28.5 Å². The summed E-state index contributed by atoms with van der Waals surface area (Å²) in [6.07, 6.45) is -12.0. The van der Waals surface area contributed by atoms with Crippen molar-refractivity contribution in [3.63, 3.8) is 0 Å². The molecule has 28 heavy (non-hydrogen) atoms. The first kappa shape index (κ1) is 22.4. The van der Waals surface area contributed by atoms with Crippen LogP contribution >= 0.6 is 0 Å². The van der Waals surface area contributed by atoms with Gasteiger partial charge in [-0.1, -0.05) is 19.9 Å². The molecule has 0 bridgehead atoms. The topological polar surface area (TPSA) is 39.8 Å². The van der Waals surface area contributed by atoms with E-state index in [4.69, 9.17) is 0 Å². The summed E-state index contributed by atoms with van der Waals surface area (Å²) >= 11 is 0. The Morgan fingerprint density at radius 2 is 1.57 bits per heavy atom. The lowest BCUT2D eigenvalue weighted by atomic mass is 9.91. The van der Waals surface area contributed by atoms with Crippen LogP contribution in [0, 0.1) is 0 Å². The smallest absolute Gasteiger partial charge is 0.368 e. The van der Waals surface area contributed by atoms with Crippen molar-refractivity contribution < 1.29 is 26.3 Å². The second-order valence-electron chi connectivity index (χ2n) is 7.38. The number of rotatable bonds is 7. The van der Waals surface area contributed by atoms with E-state index in [1.165, 1.54) is 6.07 Å². The number of aromatic amines is 1. The third-order valence-corrected chi connectivity index (χ3v) is 4.45. The number of halogens is 6. The number of anilines is 1. The third kappa shape index (κ3) is 5.56. The SMILES string of the molecule is CNCC(C)Nc1[nH]c2ccc(CC(F)(F)F)c(CC(F)(F)F)c2c1C(C)C. The molecule has 1 unspecified atom stereocenters. The van der Waals surface area contributed by atoms with E-state index < -0.39 is 25.2 Å². The Bertz CT molecular complexity index is 805. The molecular formula is C19H25F6N3. The standard InChI is InChI=1S/C19H25F6N3/c1-10(2)15-16-13(8-19(23,24)25)12(7-18(20,21)22)5-6-14(16)28-17(15)27-11(3)9-26-4/h5-6,10-11,26-28H,7-9H2,1-4H3. The molecule has 1 aromatic heterocycles. The number of aromatic nitrogens is 1. The van der Waals surface area contributed by atoms with Crippen molar-refractivity contribution in [3.8, 4) is 0 Å². The van der Waals surface area contributed by atoms with Crippen LogP contribution in [0.2, 0.25) is 0 Å². The molecule has 0 spiro atoms. The molecule has 2 rings (SSSR count). The van der Waals surface area contributed by atoms with Crippen molar-refractivity contribution >= 4 is 16.7 Å². The van der Waals surface area contributed by atoms with Gasteiger partial charge in [0.1, 0.15) is 5.82 Å². The molecule has 158 valence electrons. The summed E-state index contributed by atoms with van der Waals surface area (Å²) in [5, 5.41) is 6.45. The van der Waals surface area contributed by atoms with Crippen molar-refractivity contribution in [2.75, 3.05) is 18.9 Å². The zero-order chi connectivity index (χ0) is 21.3. The van der Waals surface area contributed by atoms with Crippen LogP contribution in [-0.2, 0) is 12.8 Å². The van der Waals surface area contributed by atoms with Gasteiger partial charge >= 0.3 is 12.4 Å². The largest absolute Gasteiger partial charge is 0.393 e. The molecule has 0 aliphatic rings. The Morgan fingerprint density at radius 1 is 0.964 bits per heavy atom. The van der Waals surface area contributed by atoms with E-state index >= 15 is 0 Å². The fourth-order valence-corrected chi connectivity index (χ4v) is 3.51. The van der Waals surface area contributed by atoms with Gasteiger partial charge in [0.05, 0.1) is 12.8 Å². The Morgan fingerprint density at radius 3 is 2.07 bits per heavy atom. The van der Waals surface area contributed by atoms with E-state index in [0.717, 1.165) is 6.07 Å². The summed E-state index contributed by atoms with van der Waals surface area (Å²) in [7, 11) is 1.78. The summed E-state index contributed by atoms with van der Waals surface area (Å²) in [5.41, 5.74) is 0.318. The minimum absolute atomic E-state index is 0.0312. The number of nitrogens with one attached hydrogen (secondary N) is 3. The summed E-state index contributed by atoms with van der Waals surface area (Å²) in [5.74, 6) is 0.353. The second kappa shape index (κ2) is 8.23. The van der Waals surface area contributed by atoms with Crippen LogP contribution in [0.1, 0.15) is 43.4 Å². The Hall–Kier alpha value is -1.90. The van der Waals surface area contributed by atoms with Gasteiger partial charge in [0.2, 0.25) is 0 Å². The van der Waals surface area contributed by atoms with Crippen molar-refractivity contribution in [1.82, 2.24) is 10.3 Å². The van der Waals surface area contributed by atoms with Gasteiger partial charge in [-0.3, -0.25) is 0 Å². The van der Waals surface area contributed by atoms with Crippen molar-refractivity contribution in [1.29, 1.82) is 0 Å². The number of alkyl halides is 6. The average Bonchev–Trinajstić information content (AvgIpc) is 2.85. The quantitative estimate of drug-likeness (QED) is 0.527. The first-order chi connectivity index (χ1) is 12.8. The molecule has 0 radical (unpaired) electrons. The minimum atomic E-state index is -4.62. The van der Waals surface area contributed by atoms with E-state index in [9.17, 15) is 26.3 Å². The number of hydrogen-bond acceptors (Lipinski definition) is 2. The molecule has 0 aliphatic heterocycles. The summed E-state index contributed by atoms with van der Waals surface area (Å²) in [6.45, 7) is 6.13. The zero-order valence-corrected chi connectivity index (χ0v) is 16.2. The molecule has 0 saturated carbocycles. The predicted molar refractivity (Wildman–Crippen MR) is 98.9 cm³/mol. The lowest BCUT2D eigenvalue weighted by molar-refractivity contribution is -0.132. The van der Waals surface area contributed by atoms with Crippen molar-refractivity contribution in [2.45, 2.75) is 57.9 Å². The van der Waals surface area contributed by atoms with Crippen LogP contribution in [0.3, 0.4) is 0 Å². The predicted octanol–water partition coefficient (Wildman–Crippen LogP) is 5.52. The van der Waals surface area contributed by atoms with Crippen LogP contribution in [0.15, 0.2) is 12.1 Å². The number of likely N-dealkylation sites (N-methyl/N-ethyl adjacent to an activating group) is 1. The maximum absolute atomic E-state index is 13.2. The highest BCUT2D eigenvalue weighted by atomic mass is 19.4. The first-order valence-corrected chi connectivity index (χ1v) is 9.03. The fourth-order valence-electron chi connectivity index (χ4n) is 3.51. The first-order valence-electron chi connectivity index (χ1n) is 9.03. The highest BCUT2D eigenvalue weighted by Crippen LogP contribution is 2.40. The van der Waals surface area contributed by atoms with E-state index in [0.29, 0.717) is 23.4 Å². The molecule has 9 heteroatoms. The van der Waals surface area contributed by atoms with Crippen LogP contribution in [0.4, 0.5) is 32.2 Å². The molecule has 3 nitrogen and oxygen atoms in total. The van der Waals surface area contributed by atoms with Gasteiger partial charge in [0.25, 0.3) is 0 Å². The Labute approximate surface area is 159 Å². The highest BCUT2D eigenvalue weighted by Gasteiger charge is 2.35. The molecule has 3 N–H and O–H groups in total. The molecular weight excluding hydrogens is 384 g/mol. The molecule has 1 atom stereocenters. The molecule has 1 heterocycles. The van der Waals surface area contributed by atoms with E-state index in [1.54, 1.807) is 7.05 Å². The molecule has 1 aromatic carbocycles. The number of benzene rings is 1. The monoisotopic (exact) mass is 409 g/mol. The average molecular weight is 409 g/mol. The fraction of sp³-hybridized carbons (Fsp3) is 0.579. The molecule has 0 fully saturated rings. The lowest BCUT2D eigenvalue weighted by Gasteiger charge is -2.19. The highest BCUT2D eigenvalue weighted by molar-refractivity contribution is 5.93. The molecule has 0 amide bonds. The molecule has 0 aliphatic carbocycles. The maximum atomic E-state index is 13.2. The minimum Gasteiger partial charge on any atom is -0.368 e. The summed E-state index contributed by atoms with van der Waals surface area (Å²) < 4.78 is 78.6. The molecule has 2 aromatic rings. The zero-order valence-electron chi connectivity index (χ0n) is 16.2. The third-order valence-electron chi connectivity index (χ3n) is 4.45.